The van der Waals surface area contributed by atoms with Gasteiger partial charge in [-0.15, -0.1) is 0 Å². The normalized spacial score (nSPS) is 56.4. The van der Waals surface area contributed by atoms with Crippen LogP contribution in [0, 0.1) is 56.7 Å². The molecule has 0 radical (unpaired) electrons. The molecule has 33 heavy (non-hydrogen) atoms. The smallest absolute Gasteiger partial charge is 0.338 e. The zero-order valence-electron chi connectivity index (χ0n) is 22.3. The molecule has 184 valence electrons. The van der Waals surface area contributed by atoms with Crippen molar-refractivity contribution in [2.45, 2.75) is 113 Å². The summed E-state index contributed by atoms with van der Waals surface area (Å²) in [6.45, 7) is 19.7. The van der Waals surface area contributed by atoms with Gasteiger partial charge < -0.3 is 9.47 Å². The maximum absolute atomic E-state index is 13.1. The molecule has 6 aliphatic rings. The SMILES string of the molecule is CC(C)[C@H]1CC[C@@]2(C)C1=CC[C@]1(C)[C@@H]2CC[C@H]2[C@@]3(C)[C@@H]4O[C@@H](OC4=O)C(C)(C)[C@@H]3CC[C@]21C. The molecule has 6 rings (SSSR count). The predicted molar refractivity (Wildman–Crippen MR) is 130 cm³/mol. The molecule has 2 heterocycles. The Hall–Kier alpha value is -0.830. The van der Waals surface area contributed by atoms with Crippen molar-refractivity contribution in [2.24, 2.45) is 56.7 Å². The van der Waals surface area contributed by atoms with Crippen LogP contribution in [0.4, 0.5) is 0 Å². The summed E-state index contributed by atoms with van der Waals surface area (Å²) in [7, 11) is 0. The molecule has 0 amide bonds. The molecule has 0 aromatic carbocycles. The molecular weight excluding hydrogens is 408 g/mol. The summed E-state index contributed by atoms with van der Waals surface area (Å²) in [5.41, 5.74) is 2.38. The molecule has 0 aromatic heterocycles. The van der Waals surface area contributed by atoms with Gasteiger partial charge in [-0.1, -0.05) is 67.0 Å². The Morgan fingerprint density at radius 2 is 1.58 bits per heavy atom. The third kappa shape index (κ3) is 2.40. The van der Waals surface area contributed by atoms with Crippen LogP contribution in [-0.4, -0.2) is 18.4 Å². The van der Waals surface area contributed by atoms with Crippen LogP contribution in [0.2, 0.25) is 0 Å². The summed E-state index contributed by atoms with van der Waals surface area (Å²) in [5.74, 6) is 3.14. The second-order valence-electron chi connectivity index (χ2n) is 14.8. The number of hydrogen-bond acceptors (Lipinski definition) is 3. The minimum absolute atomic E-state index is 0.0945. The first-order chi connectivity index (χ1) is 15.3. The van der Waals surface area contributed by atoms with Gasteiger partial charge in [-0.25, -0.2) is 4.79 Å². The highest BCUT2D eigenvalue weighted by atomic mass is 16.8. The van der Waals surface area contributed by atoms with E-state index in [-0.39, 0.29) is 40.0 Å². The minimum Gasteiger partial charge on any atom is -0.433 e. The molecule has 0 aromatic rings. The van der Waals surface area contributed by atoms with Gasteiger partial charge in [0, 0.05) is 10.8 Å². The molecule has 0 unspecified atom stereocenters. The average Bonchev–Trinajstić information content (AvgIpc) is 3.27. The highest BCUT2D eigenvalue weighted by Crippen LogP contribution is 2.77. The monoisotopic (exact) mass is 454 g/mol. The molecule has 3 saturated carbocycles. The molecule has 5 fully saturated rings. The van der Waals surface area contributed by atoms with Crippen molar-refractivity contribution in [3.63, 3.8) is 0 Å². The van der Waals surface area contributed by atoms with Crippen LogP contribution in [0.1, 0.15) is 100 Å². The van der Waals surface area contributed by atoms with Crippen molar-refractivity contribution in [2.75, 3.05) is 0 Å². The highest BCUT2D eigenvalue weighted by molar-refractivity contribution is 5.78. The fourth-order valence-corrected chi connectivity index (χ4v) is 11.4. The average molecular weight is 455 g/mol. The summed E-state index contributed by atoms with van der Waals surface area (Å²) >= 11 is 0. The fourth-order valence-electron chi connectivity index (χ4n) is 11.4. The van der Waals surface area contributed by atoms with Crippen LogP contribution in [-0.2, 0) is 14.3 Å². The lowest BCUT2D eigenvalue weighted by molar-refractivity contribution is -0.292. The number of hydrogen-bond donors (Lipinski definition) is 0. The van der Waals surface area contributed by atoms with Crippen molar-refractivity contribution in [3.05, 3.63) is 11.6 Å². The van der Waals surface area contributed by atoms with E-state index in [0.29, 0.717) is 17.3 Å². The fraction of sp³-hybridized carbons (Fsp3) is 0.900. The van der Waals surface area contributed by atoms with E-state index in [9.17, 15) is 4.79 Å². The second-order valence-corrected chi connectivity index (χ2v) is 14.8. The topological polar surface area (TPSA) is 35.5 Å². The molecule has 4 aliphatic carbocycles. The lowest BCUT2D eigenvalue weighted by atomic mass is 9.33. The van der Waals surface area contributed by atoms with Crippen molar-refractivity contribution in [1.29, 1.82) is 0 Å². The highest BCUT2D eigenvalue weighted by Gasteiger charge is 2.74. The van der Waals surface area contributed by atoms with Gasteiger partial charge in [-0.2, -0.15) is 0 Å². The van der Waals surface area contributed by atoms with Gasteiger partial charge in [0.2, 0.25) is 6.29 Å². The van der Waals surface area contributed by atoms with Crippen molar-refractivity contribution in [3.8, 4) is 0 Å². The van der Waals surface area contributed by atoms with Crippen LogP contribution in [0.5, 0.6) is 0 Å². The van der Waals surface area contributed by atoms with Gasteiger partial charge >= 0.3 is 5.97 Å². The summed E-state index contributed by atoms with van der Waals surface area (Å²) in [4.78, 5) is 13.1. The van der Waals surface area contributed by atoms with E-state index in [1.807, 2.05) is 0 Å². The Bertz CT molecular complexity index is 918. The largest absolute Gasteiger partial charge is 0.433 e. The molecule has 2 aliphatic heterocycles. The number of esters is 1. The number of allylic oxidation sites excluding steroid dienone is 2. The van der Waals surface area contributed by atoms with Gasteiger partial charge in [-0.3, -0.25) is 0 Å². The third-order valence-corrected chi connectivity index (χ3v) is 13.2. The lowest BCUT2D eigenvalue weighted by Crippen LogP contribution is -2.68. The summed E-state index contributed by atoms with van der Waals surface area (Å²) in [5, 5.41) is 0. The van der Waals surface area contributed by atoms with Gasteiger partial charge in [-0.05, 0) is 90.8 Å². The molecule has 3 nitrogen and oxygen atoms in total. The Balaban J connectivity index is 1.44. The van der Waals surface area contributed by atoms with Crippen LogP contribution >= 0.6 is 0 Å². The van der Waals surface area contributed by atoms with E-state index >= 15 is 0 Å². The van der Waals surface area contributed by atoms with Crippen molar-refractivity contribution >= 4 is 5.97 Å². The van der Waals surface area contributed by atoms with Crippen molar-refractivity contribution < 1.29 is 14.3 Å². The molecule has 3 heteroatoms. The van der Waals surface area contributed by atoms with E-state index in [0.717, 1.165) is 17.8 Å². The Kier molecular flexibility index (Phi) is 4.44. The van der Waals surface area contributed by atoms with Gasteiger partial charge in [0.15, 0.2) is 6.10 Å². The summed E-state index contributed by atoms with van der Waals surface area (Å²) < 4.78 is 12.2. The molecule has 0 spiro atoms. The number of ether oxygens (including phenoxy) is 2. The van der Waals surface area contributed by atoms with Crippen LogP contribution in [0.3, 0.4) is 0 Å². The first kappa shape index (κ1) is 22.6. The molecule has 2 bridgehead atoms. The molecular formula is C30H46O3. The van der Waals surface area contributed by atoms with E-state index in [2.05, 4.69) is 61.5 Å². The second kappa shape index (κ2) is 6.48. The molecule has 2 saturated heterocycles. The van der Waals surface area contributed by atoms with Crippen molar-refractivity contribution in [1.82, 2.24) is 0 Å². The van der Waals surface area contributed by atoms with E-state index in [4.69, 9.17) is 9.47 Å². The zero-order chi connectivity index (χ0) is 23.8. The molecule has 0 N–H and O–H groups in total. The number of rotatable bonds is 1. The van der Waals surface area contributed by atoms with Crippen LogP contribution in [0.25, 0.3) is 0 Å². The molecule has 10 atom stereocenters. The zero-order valence-corrected chi connectivity index (χ0v) is 22.3. The number of carbonyl (C=O) groups is 1. The number of carbonyl (C=O) groups excluding carboxylic acids is 1. The van der Waals surface area contributed by atoms with Gasteiger partial charge in [0.25, 0.3) is 0 Å². The van der Waals surface area contributed by atoms with E-state index < -0.39 is 0 Å². The summed E-state index contributed by atoms with van der Waals surface area (Å²) in [6, 6.07) is 0. The Morgan fingerprint density at radius 3 is 2.27 bits per heavy atom. The quantitative estimate of drug-likeness (QED) is 0.312. The Labute approximate surface area is 201 Å². The minimum atomic E-state index is -0.382. The van der Waals surface area contributed by atoms with Gasteiger partial charge in [0.05, 0.1) is 0 Å². The van der Waals surface area contributed by atoms with Gasteiger partial charge in [0.1, 0.15) is 0 Å². The van der Waals surface area contributed by atoms with Crippen LogP contribution < -0.4 is 0 Å². The lowest BCUT2D eigenvalue weighted by Gasteiger charge is -2.72. The maximum Gasteiger partial charge on any atom is 0.338 e. The predicted octanol–water partition coefficient (Wildman–Crippen LogP) is 7.15. The van der Waals surface area contributed by atoms with Crippen LogP contribution in [0.15, 0.2) is 11.6 Å². The Morgan fingerprint density at radius 1 is 0.879 bits per heavy atom. The first-order valence-electron chi connectivity index (χ1n) is 13.9. The number of fused-ring (bicyclic) bond motifs is 10. The first-order valence-corrected chi connectivity index (χ1v) is 13.9. The third-order valence-electron chi connectivity index (χ3n) is 13.2. The van der Waals surface area contributed by atoms with E-state index in [1.165, 1.54) is 44.9 Å². The maximum atomic E-state index is 13.1. The summed E-state index contributed by atoms with van der Waals surface area (Å²) in [6.07, 6.45) is 10.9. The standard InChI is InChI=1S/C30H46O3/c1-17(2)18-11-14-27(5)19(18)12-15-28(6)21(27)9-10-22-29(28,7)16-13-20-26(3,4)25-32-23(24(31)33-25)30(20,22)8/h12,17-18,20-23,25H,9-11,13-16H2,1-8H3/t18-,20+,21-,22-,23-,25+,27+,28-,29-,30+/m1/s1. The van der Waals surface area contributed by atoms with E-state index in [1.54, 1.807) is 5.57 Å².